The number of rotatable bonds is 3. The van der Waals surface area contributed by atoms with Crippen LogP contribution in [0, 0.1) is 30.6 Å². The second kappa shape index (κ2) is 4.34. The average molecular weight is 259 g/mol. The van der Waals surface area contributed by atoms with Crippen molar-refractivity contribution < 1.29 is 0 Å². The van der Waals surface area contributed by atoms with Crippen LogP contribution in [0.2, 0.25) is 0 Å². The van der Waals surface area contributed by atoms with Gasteiger partial charge < -0.3 is 10.3 Å². The number of hydrogen-bond donors (Lipinski definition) is 2. The van der Waals surface area contributed by atoms with E-state index >= 15 is 0 Å². The van der Waals surface area contributed by atoms with Crippen LogP contribution in [0.15, 0.2) is 0 Å². The molecule has 0 radical (unpaired) electrons. The van der Waals surface area contributed by atoms with Gasteiger partial charge in [-0.15, -0.1) is 0 Å². The van der Waals surface area contributed by atoms with E-state index in [2.05, 4.69) is 17.2 Å². The van der Waals surface area contributed by atoms with E-state index in [1.165, 1.54) is 43.5 Å². The van der Waals surface area contributed by atoms with Crippen LogP contribution in [0.4, 0.5) is 0 Å². The second-order valence-corrected chi connectivity index (χ2v) is 7.18. The molecule has 0 amide bonds. The number of nitrogens with zero attached hydrogens (tertiary/aromatic N) is 1. The van der Waals surface area contributed by atoms with Crippen molar-refractivity contribution in [1.29, 1.82) is 0 Å². The molecule has 1 aromatic rings. The summed E-state index contributed by atoms with van der Waals surface area (Å²) in [4.78, 5) is 8.41. The van der Waals surface area contributed by atoms with Crippen LogP contribution in [-0.2, 0) is 6.54 Å². The van der Waals surface area contributed by atoms with Gasteiger partial charge in [0.1, 0.15) is 5.82 Å². The van der Waals surface area contributed by atoms with Gasteiger partial charge in [-0.1, -0.05) is 0 Å². The quantitative estimate of drug-likeness (QED) is 0.876. The maximum atomic E-state index is 4.93. The van der Waals surface area contributed by atoms with Crippen molar-refractivity contribution in [1.82, 2.24) is 15.3 Å². The monoisotopic (exact) mass is 259 g/mol. The molecule has 4 saturated carbocycles. The smallest absolute Gasteiger partial charge is 0.120 e. The molecular weight excluding hydrogens is 234 g/mol. The zero-order valence-corrected chi connectivity index (χ0v) is 12.1. The number of hydrogen-bond acceptors (Lipinski definition) is 2. The Bertz CT molecular complexity index is 448. The third-order valence-corrected chi connectivity index (χ3v) is 5.86. The van der Waals surface area contributed by atoms with Crippen LogP contribution in [-0.4, -0.2) is 17.0 Å². The lowest BCUT2D eigenvalue weighted by Crippen LogP contribution is -2.44. The molecule has 0 spiro atoms. The maximum Gasteiger partial charge on any atom is 0.120 e. The Morgan fingerprint density at radius 1 is 1.11 bits per heavy atom. The summed E-state index contributed by atoms with van der Waals surface area (Å²) >= 11 is 0. The van der Waals surface area contributed by atoms with Crippen molar-refractivity contribution >= 4 is 0 Å². The molecule has 5 rings (SSSR count). The van der Waals surface area contributed by atoms with Gasteiger partial charge in [-0.3, -0.25) is 0 Å². The molecule has 0 aliphatic heterocycles. The van der Waals surface area contributed by atoms with Gasteiger partial charge in [-0.25, -0.2) is 4.98 Å². The van der Waals surface area contributed by atoms with Crippen LogP contribution in [0.25, 0.3) is 0 Å². The summed E-state index contributed by atoms with van der Waals surface area (Å²) in [5.41, 5.74) is 2.72. The Labute approximate surface area is 115 Å². The average Bonchev–Trinajstić information content (AvgIpc) is 2.69. The Morgan fingerprint density at radius 2 is 1.74 bits per heavy atom. The fourth-order valence-corrected chi connectivity index (χ4v) is 5.49. The fraction of sp³-hybridized carbons (Fsp3) is 0.812. The minimum atomic E-state index is 0.759. The number of aromatic amines is 1. The predicted molar refractivity (Wildman–Crippen MR) is 75.9 cm³/mol. The summed E-state index contributed by atoms with van der Waals surface area (Å²) in [6.45, 7) is 3.07. The highest BCUT2D eigenvalue weighted by Crippen LogP contribution is 2.59. The first kappa shape index (κ1) is 12.0. The van der Waals surface area contributed by atoms with E-state index in [9.17, 15) is 0 Å². The molecule has 1 heterocycles. The Kier molecular flexibility index (Phi) is 2.73. The van der Waals surface area contributed by atoms with Crippen molar-refractivity contribution in [2.24, 2.45) is 23.7 Å². The number of nitrogens with one attached hydrogen (secondary N) is 2. The highest BCUT2D eigenvalue weighted by Gasteiger charge is 2.49. The van der Waals surface area contributed by atoms with Crippen LogP contribution in [0.3, 0.4) is 0 Å². The number of aryl methyl sites for hydroxylation is 1. The van der Waals surface area contributed by atoms with Gasteiger partial charge >= 0.3 is 0 Å². The topological polar surface area (TPSA) is 40.7 Å². The lowest BCUT2D eigenvalue weighted by atomic mass is 9.51. The summed E-state index contributed by atoms with van der Waals surface area (Å²) in [7, 11) is 1.99. The molecule has 3 nitrogen and oxygen atoms in total. The highest BCUT2D eigenvalue weighted by molar-refractivity contribution is 5.23. The summed E-state index contributed by atoms with van der Waals surface area (Å²) in [6, 6.07) is 0. The van der Waals surface area contributed by atoms with Crippen LogP contribution in [0.1, 0.15) is 55.2 Å². The largest absolute Gasteiger partial charge is 0.345 e. The molecular formula is C16H25N3. The van der Waals surface area contributed by atoms with E-state index in [0.29, 0.717) is 0 Å². The van der Waals surface area contributed by atoms with Gasteiger partial charge in [0.15, 0.2) is 0 Å². The first-order valence-corrected chi connectivity index (χ1v) is 7.94. The van der Waals surface area contributed by atoms with Crippen LogP contribution >= 0.6 is 0 Å². The van der Waals surface area contributed by atoms with E-state index in [-0.39, 0.29) is 0 Å². The highest BCUT2D eigenvalue weighted by atomic mass is 15.0. The normalized spacial score (nSPS) is 40.0. The van der Waals surface area contributed by atoms with E-state index in [0.717, 1.165) is 42.0 Å². The summed E-state index contributed by atoms with van der Waals surface area (Å²) in [5.74, 6) is 5.84. The lowest BCUT2D eigenvalue weighted by molar-refractivity contribution is -0.00427. The lowest BCUT2D eigenvalue weighted by Gasteiger charge is -2.54. The fourth-order valence-electron chi connectivity index (χ4n) is 5.49. The summed E-state index contributed by atoms with van der Waals surface area (Å²) in [6.07, 6.45) is 7.44. The molecule has 0 unspecified atom stereocenters. The Balaban J connectivity index is 1.65. The maximum absolute atomic E-state index is 4.93. The van der Waals surface area contributed by atoms with Gasteiger partial charge in [-0.2, -0.15) is 0 Å². The molecule has 4 aliphatic carbocycles. The van der Waals surface area contributed by atoms with E-state index in [1.807, 2.05) is 7.05 Å². The van der Waals surface area contributed by atoms with Gasteiger partial charge in [0.25, 0.3) is 0 Å². The van der Waals surface area contributed by atoms with Gasteiger partial charge in [0.05, 0.1) is 12.2 Å². The molecule has 4 aliphatic rings. The Morgan fingerprint density at radius 3 is 2.32 bits per heavy atom. The predicted octanol–water partition coefficient (Wildman–Crippen LogP) is 2.98. The van der Waals surface area contributed by atoms with Gasteiger partial charge in [0, 0.05) is 11.6 Å². The molecule has 3 heteroatoms. The van der Waals surface area contributed by atoms with Crippen molar-refractivity contribution in [3.8, 4) is 0 Å². The van der Waals surface area contributed by atoms with Crippen molar-refractivity contribution in [3.63, 3.8) is 0 Å². The third kappa shape index (κ3) is 1.85. The molecule has 4 fully saturated rings. The second-order valence-electron chi connectivity index (χ2n) is 7.18. The van der Waals surface area contributed by atoms with Crippen molar-refractivity contribution in [3.05, 3.63) is 17.2 Å². The molecule has 19 heavy (non-hydrogen) atoms. The zero-order chi connectivity index (χ0) is 13.0. The molecule has 0 atom stereocenters. The molecule has 4 bridgehead atoms. The third-order valence-electron chi connectivity index (χ3n) is 5.86. The minimum Gasteiger partial charge on any atom is -0.345 e. The van der Waals surface area contributed by atoms with E-state index < -0.39 is 0 Å². The number of aromatic nitrogens is 2. The van der Waals surface area contributed by atoms with Gasteiger partial charge in [-0.05, 0) is 69.7 Å². The molecule has 1 aromatic heterocycles. The van der Waals surface area contributed by atoms with Crippen LogP contribution < -0.4 is 5.32 Å². The first-order valence-electron chi connectivity index (χ1n) is 7.94. The minimum absolute atomic E-state index is 0.759. The molecule has 104 valence electrons. The molecule has 0 saturated heterocycles. The van der Waals surface area contributed by atoms with E-state index in [1.54, 1.807) is 0 Å². The van der Waals surface area contributed by atoms with Crippen LogP contribution in [0.5, 0.6) is 0 Å². The van der Waals surface area contributed by atoms with Crippen molar-refractivity contribution in [2.45, 2.75) is 51.5 Å². The number of H-pyrrole nitrogens is 1. The standard InChI is InChI=1S/C16H25N3/c1-9-16(19-14(18-9)8-17-2)15-12-4-10-3-11(6-12)7-13(15)5-10/h10-13,15,17H,3-8H2,1-2H3,(H,18,19). The van der Waals surface area contributed by atoms with Gasteiger partial charge in [0.2, 0.25) is 0 Å². The SMILES string of the molecule is CNCc1nc(C2C3CC4CC(C3)CC2C4)c(C)[nH]1. The van der Waals surface area contributed by atoms with Crippen molar-refractivity contribution in [2.75, 3.05) is 7.05 Å². The Hall–Kier alpha value is -0.830. The summed E-state index contributed by atoms with van der Waals surface area (Å²) < 4.78 is 0. The molecule has 2 N–H and O–H groups in total. The summed E-state index contributed by atoms with van der Waals surface area (Å²) in [5, 5.41) is 3.20. The zero-order valence-electron chi connectivity index (χ0n) is 12.1. The first-order chi connectivity index (χ1) is 9.24. The molecule has 0 aromatic carbocycles. The van der Waals surface area contributed by atoms with E-state index in [4.69, 9.17) is 4.98 Å². The number of imidazole rings is 1.